The van der Waals surface area contributed by atoms with Gasteiger partial charge in [-0.15, -0.1) is 0 Å². The maximum Gasteiger partial charge on any atom is 0.290 e. The van der Waals surface area contributed by atoms with Crippen molar-refractivity contribution < 1.29 is 9.59 Å². The lowest BCUT2D eigenvalue weighted by molar-refractivity contribution is -0.115. The van der Waals surface area contributed by atoms with Crippen molar-refractivity contribution in [1.29, 1.82) is 0 Å². The fourth-order valence-corrected chi connectivity index (χ4v) is 3.53. The number of nitrogens with zero attached hydrogens (tertiary/aromatic N) is 1. The van der Waals surface area contributed by atoms with Crippen molar-refractivity contribution in [2.75, 3.05) is 5.32 Å². The number of benzene rings is 2. The first kappa shape index (κ1) is 17.4. The second-order valence-corrected chi connectivity index (χ2v) is 7.50. The zero-order valence-electron chi connectivity index (χ0n) is 14.9. The van der Waals surface area contributed by atoms with Gasteiger partial charge in [-0.1, -0.05) is 24.3 Å². The van der Waals surface area contributed by atoms with Crippen LogP contribution in [0.2, 0.25) is 0 Å². The van der Waals surface area contributed by atoms with Crippen molar-refractivity contribution in [3.05, 3.63) is 63.6 Å². The Hall–Kier alpha value is -3.06. The van der Waals surface area contributed by atoms with Gasteiger partial charge in [-0.3, -0.25) is 14.9 Å². The van der Waals surface area contributed by atoms with Crippen molar-refractivity contribution >= 4 is 46.0 Å². The molecule has 2 aromatic carbocycles. The van der Waals surface area contributed by atoms with E-state index in [1.54, 1.807) is 6.08 Å². The number of hydrogen-bond acceptors (Lipinski definition) is 5. The van der Waals surface area contributed by atoms with Crippen molar-refractivity contribution in [2.24, 2.45) is 0 Å². The number of aryl methyl sites for hydroxylation is 2. The number of anilines is 1. The van der Waals surface area contributed by atoms with Gasteiger partial charge in [0, 0.05) is 6.54 Å². The van der Waals surface area contributed by atoms with E-state index in [2.05, 4.69) is 46.6 Å². The number of thioether (sulfide) groups is 1. The molecule has 1 aliphatic rings. The quantitative estimate of drug-likeness (QED) is 0.595. The Morgan fingerprint density at radius 2 is 1.85 bits per heavy atom. The standard InChI is InChI=1S/C20H18N4O2S/c1-11-7-15-16(8-12(11)2)23-19(22-15)21-10-14-5-3-13(4-6-14)9-17-18(25)24-20(26)27-17/h3-9H,10H2,1-2H3,(H2,21,22,23)(H,24,25,26)/b17-9-. The molecule has 2 amide bonds. The van der Waals surface area contributed by atoms with Gasteiger partial charge >= 0.3 is 0 Å². The summed E-state index contributed by atoms with van der Waals surface area (Å²) in [6.07, 6.45) is 1.71. The number of fused-ring (bicyclic) bond motifs is 1. The number of nitrogens with one attached hydrogen (secondary N) is 3. The van der Waals surface area contributed by atoms with E-state index < -0.39 is 0 Å². The zero-order valence-corrected chi connectivity index (χ0v) is 15.7. The normalized spacial score (nSPS) is 15.6. The van der Waals surface area contributed by atoms with Crippen molar-refractivity contribution in [3.63, 3.8) is 0 Å². The number of H-pyrrole nitrogens is 1. The average molecular weight is 378 g/mol. The molecule has 6 nitrogen and oxygen atoms in total. The Morgan fingerprint density at radius 3 is 2.56 bits per heavy atom. The molecule has 0 saturated carbocycles. The molecule has 1 aliphatic heterocycles. The molecule has 0 radical (unpaired) electrons. The van der Waals surface area contributed by atoms with Gasteiger partial charge in [-0.05, 0) is 66.1 Å². The van der Waals surface area contributed by atoms with Crippen LogP contribution in [0.25, 0.3) is 17.1 Å². The highest BCUT2D eigenvalue weighted by Gasteiger charge is 2.24. The molecule has 3 aromatic rings. The Labute approximate surface area is 160 Å². The van der Waals surface area contributed by atoms with Gasteiger partial charge in [-0.2, -0.15) is 0 Å². The van der Waals surface area contributed by atoms with Gasteiger partial charge < -0.3 is 10.3 Å². The first-order valence-electron chi connectivity index (χ1n) is 8.52. The first-order valence-corrected chi connectivity index (χ1v) is 9.34. The second kappa shape index (κ2) is 6.92. The van der Waals surface area contributed by atoms with E-state index >= 15 is 0 Å². The van der Waals surface area contributed by atoms with Crippen LogP contribution in [0, 0.1) is 13.8 Å². The number of carbonyl (C=O) groups excluding carboxylic acids is 2. The largest absolute Gasteiger partial charge is 0.352 e. The molecular formula is C20H18N4O2S. The highest BCUT2D eigenvalue weighted by Crippen LogP contribution is 2.25. The third kappa shape index (κ3) is 3.73. The van der Waals surface area contributed by atoms with Crippen LogP contribution in [0.3, 0.4) is 0 Å². The van der Waals surface area contributed by atoms with Crippen LogP contribution in [-0.2, 0) is 11.3 Å². The summed E-state index contributed by atoms with van der Waals surface area (Å²) < 4.78 is 0. The summed E-state index contributed by atoms with van der Waals surface area (Å²) in [6.45, 7) is 4.79. The van der Waals surface area contributed by atoms with Gasteiger partial charge in [0.2, 0.25) is 5.95 Å². The molecule has 0 atom stereocenters. The molecule has 1 fully saturated rings. The summed E-state index contributed by atoms with van der Waals surface area (Å²) in [5.74, 6) is 0.393. The number of rotatable bonds is 4. The Balaban J connectivity index is 1.44. The smallest absolute Gasteiger partial charge is 0.290 e. The van der Waals surface area contributed by atoms with Gasteiger partial charge in [-0.25, -0.2) is 4.98 Å². The molecule has 0 bridgehead atoms. The third-order valence-corrected chi connectivity index (χ3v) is 5.29. The van der Waals surface area contributed by atoms with E-state index in [-0.39, 0.29) is 11.1 Å². The van der Waals surface area contributed by atoms with Crippen LogP contribution in [0.1, 0.15) is 22.3 Å². The minimum atomic E-state index is -0.342. The van der Waals surface area contributed by atoms with E-state index in [1.165, 1.54) is 11.1 Å². The molecule has 27 heavy (non-hydrogen) atoms. The summed E-state index contributed by atoms with van der Waals surface area (Å²) >= 11 is 0.921. The lowest BCUT2D eigenvalue weighted by atomic mass is 10.1. The lowest BCUT2D eigenvalue weighted by Crippen LogP contribution is -2.17. The average Bonchev–Trinajstić information content (AvgIpc) is 3.16. The molecule has 1 saturated heterocycles. The fraction of sp³-hybridized carbons (Fsp3) is 0.150. The third-order valence-electron chi connectivity index (χ3n) is 4.48. The predicted molar refractivity (Wildman–Crippen MR) is 108 cm³/mol. The Morgan fingerprint density at radius 1 is 1.11 bits per heavy atom. The van der Waals surface area contributed by atoms with E-state index in [0.717, 1.165) is 39.9 Å². The SMILES string of the molecule is Cc1cc2nc(NCc3ccc(/C=C4\SC(=O)NC4=O)cc3)[nH]c2cc1C. The van der Waals surface area contributed by atoms with Crippen molar-refractivity contribution in [2.45, 2.75) is 20.4 Å². The van der Waals surface area contributed by atoms with Crippen molar-refractivity contribution in [1.82, 2.24) is 15.3 Å². The molecule has 1 aromatic heterocycles. The molecule has 0 aliphatic carbocycles. The maximum atomic E-state index is 11.6. The molecule has 4 rings (SSSR count). The molecule has 136 valence electrons. The van der Waals surface area contributed by atoms with Crippen LogP contribution < -0.4 is 10.6 Å². The number of imidazole rings is 1. The van der Waals surface area contributed by atoms with Gasteiger partial charge in [0.05, 0.1) is 15.9 Å². The summed E-state index contributed by atoms with van der Waals surface area (Å²) in [6, 6.07) is 12.0. The summed E-state index contributed by atoms with van der Waals surface area (Å²) in [4.78, 5) is 31.1. The number of carbonyl (C=O) groups is 2. The number of aromatic nitrogens is 2. The van der Waals surface area contributed by atoms with E-state index in [1.807, 2.05) is 24.3 Å². The molecule has 2 heterocycles. The van der Waals surface area contributed by atoms with Gasteiger partial charge in [0.1, 0.15) is 0 Å². The van der Waals surface area contributed by atoms with Crippen LogP contribution in [0.15, 0.2) is 41.3 Å². The highest BCUT2D eigenvalue weighted by molar-refractivity contribution is 8.18. The molecular weight excluding hydrogens is 360 g/mol. The lowest BCUT2D eigenvalue weighted by Gasteiger charge is -2.04. The summed E-state index contributed by atoms with van der Waals surface area (Å²) in [7, 11) is 0. The van der Waals surface area contributed by atoms with Crippen LogP contribution in [-0.4, -0.2) is 21.1 Å². The van der Waals surface area contributed by atoms with E-state index in [9.17, 15) is 9.59 Å². The fourth-order valence-electron chi connectivity index (χ4n) is 2.84. The highest BCUT2D eigenvalue weighted by atomic mass is 32.2. The number of imide groups is 1. The maximum absolute atomic E-state index is 11.6. The number of aromatic amines is 1. The monoisotopic (exact) mass is 378 g/mol. The zero-order chi connectivity index (χ0) is 19.0. The Bertz CT molecular complexity index is 1040. The van der Waals surface area contributed by atoms with Gasteiger partial charge in [0.25, 0.3) is 11.1 Å². The predicted octanol–water partition coefficient (Wildman–Crippen LogP) is 4.12. The van der Waals surface area contributed by atoms with Crippen molar-refractivity contribution in [3.8, 4) is 0 Å². The second-order valence-electron chi connectivity index (χ2n) is 6.49. The minimum absolute atomic E-state index is 0.330. The Kier molecular flexibility index (Phi) is 4.45. The number of hydrogen-bond donors (Lipinski definition) is 3. The molecule has 3 N–H and O–H groups in total. The van der Waals surface area contributed by atoms with Gasteiger partial charge in [0.15, 0.2) is 0 Å². The van der Waals surface area contributed by atoms with Crippen LogP contribution >= 0.6 is 11.8 Å². The first-order chi connectivity index (χ1) is 13.0. The summed E-state index contributed by atoms with van der Waals surface area (Å²) in [5, 5.41) is 5.22. The van der Waals surface area contributed by atoms with Crippen LogP contribution in [0.4, 0.5) is 10.7 Å². The summed E-state index contributed by atoms with van der Waals surface area (Å²) in [5.41, 5.74) is 6.39. The minimum Gasteiger partial charge on any atom is -0.352 e. The molecule has 7 heteroatoms. The van der Waals surface area contributed by atoms with E-state index in [0.29, 0.717) is 11.4 Å². The molecule has 0 spiro atoms. The molecule has 0 unspecified atom stereocenters. The topological polar surface area (TPSA) is 86.9 Å². The van der Waals surface area contributed by atoms with E-state index in [4.69, 9.17) is 0 Å². The van der Waals surface area contributed by atoms with Crippen LogP contribution in [0.5, 0.6) is 0 Å². The number of amides is 2.